The Balaban J connectivity index is 1.42. The zero-order chi connectivity index (χ0) is 19.6. The first kappa shape index (κ1) is 18.0. The zero-order valence-electron chi connectivity index (χ0n) is 15.8. The van der Waals surface area contributed by atoms with E-state index in [1.165, 1.54) is 0 Å². The summed E-state index contributed by atoms with van der Waals surface area (Å²) in [6.45, 7) is 4.85. The monoisotopic (exact) mass is 375 g/mol. The molecule has 0 saturated heterocycles. The molecule has 0 fully saturated rings. The van der Waals surface area contributed by atoms with E-state index < -0.39 is 0 Å². The van der Waals surface area contributed by atoms with E-state index in [1.807, 2.05) is 48.5 Å². The molecule has 0 radical (unpaired) electrons. The van der Waals surface area contributed by atoms with Crippen LogP contribution in [0.1, 0.15) is 29.8 Å². The third-order valence-corrected chi connectivity index (χ3v) is 4.79. The molecule has 1 aromatic heterocycles. The summed E-state index contributed by atoms with van der Waals surface area (Å²) >= 11 is 0. The molecule has 6 nitrogen and oxygen atoms in total. The van der Waals surface area contributed by atoms with Gasteiger partial charge < -0.3 is 14.8 Å². The summed E-state index contributed by atoms with van der Waals surface area (Å²) in [6, 6.07) is 15.5. The number of hydrogen-bond donors (Lipinski definition) is 1. The van der Waals surface area contributed by atoms with Gasteiger partial charge in [0.1, 0.15) is 0 Å². The van der Waals surface area contributed by atoms with Gasteiger partial charge in [-0.25, -0.2) is 9.97 Å². The molecule has 3 aromatic rings. The number of carbonyl (C=O) groups is 1. The standard InChI is InChI=1S/C22H21N3O3/c1-22(2,17-8-9-18-19(10-17)28-14-27-18)13-25-21(26)16-11-23-20(24-12-16)15-6-4-3-5-7-15/h3-12H,13-14H2,1-2H3,(H,25,26). The van der Waals surface area contributed by atoms with Crippen LogP contribution >= 0.6 is 0 Å². The predicted molar refractivity (Wildman–Crippen MR) is 105 cm³/mol. The lowest BCUT2D eigenvalue weighted by Crippen LogP contribution is -2.36. The fraction of sp³-hybridized carbons (Fsp3) is 0.227. The van der Waals surface area contributed by atoms with Crippen molar-refractivity contribution in [1.29, 1.82) is 0 Å². The van der Waals surface area contributed by atoms with Crippen LogP contribution in [-0.4, -0.2) is 29.2 Å². The van der Waals surface area contributed by atoms with Gasteiger partial charge in [0, 0.05) is 29.9 Å². The number of fused-ring (bicyclic) bond motifs is 1. The molecule has 6 heteroatoms. The second-order valence-corrected chi connectivity index (χ2v) is 7.30. The second kappa shape index (κ2) is 7.31. The first-order chi connectivity index (χ1) is 13.5. The number of aromatic nitrogens is 2. The Kier molecular flexibility index (Phi) is 4.69. The number of ether oxygens (including phenoxy) is 2. The van der Waals surface area contributed by atoms with Gasteiger partial charge in [-0.05, 0) is 17.7 Å². The van der Waals surface area contributed by atoms with Crippen molar-refractivity contribution in [2.24, 2.45) is 0 Å². The Bertz CT molecular complexity index is 986. The van der Waals surface area contributed by atoms with E-state index >= 15 is 0 Å². The van der Waals surface area contributed by atoms with E-state index in [0.717, 1.165) is 22.6 Å². The lowest BCUT2D eigenvalue weighted by Gasteiger charge is -2.26. The van der Waals surface area contributed by atoms with Crippen molar-refractivity contribution in [3.8, 4) is 22.9 Å². The number of hydrogen-bond acceptors (Lipinski definition) is 5. The van der Waals surface area contributed by atoms with Crippen molar-refractivity contribution in [1.82, 2.24) is 15.3 Å². The Morgan fingerprint density at radius 1 is 1.04 bits per heavy atom. The summed E-state index contributed by atoms with van der Waals surface area (Å²) < 4.78 is 10.8. The van der Waals surface area contributed by atoms with Gasteiger partial charge in [0.05, 0.1) is 5.56 Å². The van der Waals surface area contributed by atoms with E-state index in [4.69, 9.17) is 9.47 Å². The predicted octanol–water partition coefficient (Wildman–Crippen LogP) is 3.58. The van der Waals surface area contributed by atoms with E-state index in [2.05, 4.69) is 29.1 Å². The van der Waals surface area contributed by atoms with Gasteiger partial charge in [-0.1, -0.05) is 50.2 Å². The maximum atomic E-state index is 12.5. The molecule has 2 heterocycles. The maximum absolute atomic E-state index is 12.5. The first-order valence-corrected chi connectivity index (χ1v) is 9.09. The molecule has 0 unspecified atom stereocenters. The zero-order valence-corrected chi connectivity index (χ0v) is 15.8. The quantitative estimate of drug-likeness (QED) is 0.738. The smallest absolute Gasteiger partial charge is 0.254 e. The number of nitrogens with one attached hydrogen (secondary N) is 1. The van der Waals surface area contributed by atoms with E-state index in [-0.39, 0.29) is 18.1 Å². The summed E-state index contributed by atoms with van der Waals surface area (Å²) in [7, 11) is 0. The molecular weight excluding hydrogens is 354 g/mol. The molecule has 4 rings (SSSR count). The molecule has 0 saturated carbocycles. The molecule has 1 amide bonds. The topological polar surface area (TPSA) is 73.3 Å². The third-order valence-electron chi connectivity index (χ3n) is 4.79. The second-order valence-electron chi connectivity index (χ2n) is 7.30. The lowest BCUT2D eigenvalue weighted by molar-refractivity contribution is 0.0945. The van der Waals surface area contributed by atoms with Gasteiger partial charge >= 0.3 is 0 Å². The average Bonchev–Trinajstić information content (AvgIpc) is 3.21. The minimum absolute atomic E-state index is 0.201. The Labute approximate surface area is 163 Å². The first-order valence-electron chi connectivity index (χ1n) is 9.09. The minimum atomic E-state index is -0.276. The third kappa shape index (κ3) is 3.67. The summed E-state index contributed by atoms with van der Waals surface area (Å²) in [5.74, 6) is 1.88. The highest BCUT2D eigenvalue weighted by Crippen LogP contribution is 2.36. The maximum Gasteiger partial charge on any atom is 0.254 e. The Morgan fingerprint density at radius 3 is 2.50 bits per heavy atom. The SMILES string of the molecule is CC(C)(CNC(=O)c1cnc(-c2ccccc2)nc1)c1ccc2c(c1)OCO2. The van der Waals surface area contributed by atoms with Gasteiger partial charge in [0.25, 0.3) is 5.91 Å². The molecular formula is C22H21N3O3. The number of nitrogens with zero attached hydrogens (tertiary/aromatic N) is 2. The summed E-state index contributed by atoms with van der Waals surface area (Å²) in [6.07, 6.45) is 3.11. The number of amides is 1. The molecule has 1 aliphatic heterocycles. The molecule has 28 heavy (non-hydrogen) atoms. The van der Waals surface area contributed by atoms with Crippen LogP contribution in [0.3, 0.4) is 0 Å². The van der Waals surface area contributed by atoms with Crippen molar-refractivity contribution < 1.29 is 14.3 Å². The van der Waals surface area contributed by atoms with Crippen LogP contribution in [-0.2, 0) is 5.41 Å². The highest BCUT2D eigenvalue weighted by atomic mass is 16.7. The Hall–Kier alpha value is -3.41. The van der Waals surface area contributed by atoms with E-state index in [9.17, 15) is 4.79 Å². The molecule has 0 aliphatic carbocycles. The van der Waals surface area contributed by atoms with Crippen molar-refractivity contribution in [2.45, 2.75) is 19.3 Å². The molecule has 0 atom stereocenters. The van der Waals surface area contributed by atoms with Crippen LogP contribution in [0, 0.1) is 0 Å². The molecule has 142 valence electrons. The summed E-state index contributed by atoms with van der Waals surface area (Å²) in [4.78, 5) is 21.1. The van der Waals surface area contributed by atoms with Gasteiger partial charge in [-0.2, -0.15) is 0 Å². The highest BCUT2D eigenvalue weighted by Gasteiger charge is 2.25. The van der Waals surface area contributed by atoms with Crippen molar-refractivity contribution in [2.75, 3.05) is 13.3 Å². The molecule has 0 spiro atoms. The number of carbonyl (C=O) groups excluding carboxylic acids is 1. The van der Waals surface area contributed by atoms with Gasteiger partial charge in [0.15, 0.2) is 17.3 Å². The van der Waals surface area contributed by atoms with Gasteiger partial charge in [-0.3, -0.25) is 4.79 Å². The fourth-order valence-corrected chi connectivity index (χ4v) is 3.00. The molecule has 0 bridgehead atoms. The van der Waals surface area contributed by atoms with Gasteiger partial charge in [0.2, 0.25) is 6.79 Å². The number of rotatable bonds is 5. The highest BCUT2D eigenvalue weighted by molar-refractivity contribution is 5.93. The van der Waals surface area contributed by atoms with Crippen LogP contribution in [0.5, 0.6) is 11.5 Å². The van der Waals surface area contributed by atoms with Crippen molar-refractivity contribution in [3.05, 3.63) is 72.1 Å². The van der Waals surface area contributed by atoms with Crippen LogP contribution in [0.2, 0.25) is 0 Å². The van der Waals surface area contributed by atoms with Crippen LogP contribution < -0.4 is 14.8 Å². The minimum Gasteiger partial charge on any atom is -0.454 e. The summed E-state index contributed by atoms with van der Waals surface area (Å²) in [5.41, 5.74) is 2.13. The largest absolute Gasteiger partial charge is 0.454 e. The van der Waals surface area contributed by atoms with Crippen molar-refractivity contribution >= 4 is 5.91 Å². The van der Waals surface area contributed by atoms with Crippen LogP contribution in [0.15, 0.2) is 60.9 Å². The van der Waals surface area contributed by atoms with E-state index in [0.29, 0.717) is 17.9 Å². The normalized spacial score (nSPS) is 12.6. The average molecular weight is 375 g/mol. The summed E-state index contributed by atoms with van der Waals surface area (Å²) in [5, 5.41) is 2.97. The number of benzene rings is 2. The van der Waals surface area contributed by atoms with Crippen molar-refractivity contribution in [3.63, 3.8) is 0 Å². The van der Waals surface area contributed by atoms with Crippen LogP contribution in [0.4, 0.5) is 0 Å². The molecule has 2 aromatic carbocycles. The van der Waals surface area contributed by atoms with Crippen LogP contribution in [0.25, 0.3) is 11.4 Å². The van der Waals surface area contributed by atoms with Gasteiger partial charge in [-0.15, -0.1) is 0 Å². The van der Waals surface area contributed by atoms with E-state index in [1.54, 1.807) is 12.4 Å². The fourth-order valence-electron chi connectivity index (χ4n) is 3.00. The Morgan fingerprint density at radius 2 is 1.75 bits per heavy atom. The lowest BCUT2D eigenvalue weighted by atomic mass is 9.84. The molecule has 1 N–H and O–H groups in total. The molecule has 1 aliphatic rings.